The van der Waals surface area contributed by atoms with Crippen LogP contribution in [0.4, 0.5) is 0 Å². The van der Waals surface area contributed by atoms with Crippen molar-refractivity contribution in [1.29, 1.82) is 0 Å². The molecule has 1 fully saturated rings. The maximum absolute atomic E-state index is 11.9. The first-order valence-electron chi connectivity index (χ1n) is 6.56. The van der Waals surface area contributed by atoms with Gasteiger partial charge >= 0.3 is 5.76 Å². The predicted molar refractivity (Wildman–Crippen MR) is 68.9 cm³/mol. The number of rotatable bonds is 4. The van der Waals surface area contributed by atoms with Crippen LogP contribution < -0.4 is 5.76 Å². The van der Waals surface area contributed by atoms with E-state index in [1.807, 2.05) is 0 Å². The van der Waals surface area contributed by atoms with Gasteiger partial charge in [0.15, 0.2) is 0 Å². The predicted octanol–water partition coefficient (Wildman–Crippen LogP) is 0.167. The number of piperidine rings is 1. The molecule has 106 valence electrons. The number of aromatic nitrogens is 2. The fourth-order valence-electron chi connectivity index (χ4n) is 2.33. The molecule has 1 amide bonds. The van der Waals surface area contributed by atoms with Crippen molar-refractivity contribution in [3.05, 3.63) is 16.4 Å². The molecule has 1 aliphatic rings. The van der Waals surface area contributed by atoms with Crippen molar-refractivity contribution in [2.45, 2.75) is 19.3 Å². The summed E-state index contributed by atoms with van der Waals surface area (Å²) < 4.78 is 4.33. The van der Waals surface area contributed by atoms with Gasteiger partial charge in [-0.2, -0.15) is 0 Å². The van der Waals surface area contributed by atoms with Gasteiger partial charge in [-0.25, -0.2) is 4.79 Å². The molecule has 0 radical (unpaired) electrons. The first-order chi connectivity index (χ1) is 9.06. The maximum atomic E-state index is 11.9. The van der Waals surface area contributed by atoms with Crippen molar-refractivity contribution in [2.75, 3.05) is 33.7 Å². The van der Waals surface area contributed by atoms with E-state index in [0.717, 1.165) is 19.5 Å². The van der Waals surface area contributed by atoms with Crippen molar-refractivity contribution >= 4 is 5.91 Å². The van der Waals surface area contributed by atoms with Crippen LogP contribution >= 0.6 is 0 Å². The summed E-state index contributed by atoms with van der Waals surface area (Å²) >= 11 is 0. The van der Waals surface area contributed by atoms with Crippen LogP contribution in [-0.2, 0) is 0 Å². The zero-order chi connectivity index (χ0) is 13.8. The number of nitrogens with one attached hydrogen (secondary N) is 1. The Morgan fingerprint density at radius 2 is 2.21 bits per heavy atom. The van der Waals surface area contributed by atoms with E-state index in [9.17, 15) is 9.59 Å². The highest BCUT2D eigenvalue weighted by molar-refractivity contribution is 5.89. The van der Waals surface area contributed by atoms with Crippen LogP contribution in [0.5, 0.6) is 0 Å². The average Bonchev–Trinajstić information content (AvgIpc) is 2.83. The minimum absolute atomic E-state index is 0.0316. The van der Waals surface area contributed by atoms with Crippen LogP contribution in [0.25, 0.3) is 0 Å². The van der Waals surface area contributed by atoms with E-state index < -0.39 is 5.76 Å². The normalized spacial score (nSPS) is 17.6. The van der Waals surface area contributed by atoms with E-state index in [2.05, 4.69) is 26.6 Å². The topological polar surface area (TPSA) is 82.4 Å². The number of hydrogen-bond acceptors (Lipinski definition) is 5. The lowest BCUT2D eigenvalue weighted by atomic mass is 9.94. The van der Waals surface area contributed by atoms with Crippen LogP contribution in [0.1, 0.15) is 29.9 Å². The van der Waals surface area contributed by atoms with E-state index in [1.54, 1.807) is 11.9 Å². The minimum Gasteiger partial charge on any atom is -0.339 e. The summed E-state index contributed by atoms with van der Waals surface area (Å²) in [5.74, 6) is -0.371. The highest BCUT2D eigenvalue weighted by Gasteiger charge is 2.20. The molecule has 0 aromatic carbocycles. The Balaban J connectivity index is 1.79. The number of likely N-dealkylation sites (tertiary alicyclic amines) is 1. The third-order valence-corrected chi connectivity index (χ3v) is 3.70. The Morgan fingerprint density at radius 3 is 2.79 bits per heavy atom. The second-order valence-corrected chi connectivity index (χ2v) is 5.21. The van der Waals surface area contributed by atoms with Gasteiger partial charge in [-0.15, -0.1) is 0 Å². The second-order valence-electron chi connectivity index (χ2n) is 5.21. The molecule has 0 saturated carbocycles. The number of aromatic amines is 1. The summed E-state index contributed by atoms with van der Waals surface area (Å²) in [6.45, 7) is 2.92. The van der Waals surface area contributed by atoms with Crippen LogP contribution in [0.3, 0.4) is 0 Å². The lowest BCUT2D eigenvalue weighted by Gasteiger charge is -2.29. The third-order valence-electron chi connectivity index (χ3n) is 3.70. The highest BCUT2D eigenvalue weighted by atomic mass is 16.5. The standard InChI is InChI=1S/C12H20N4O3/c1-15-6-3-9(4-7-15)5-8-16(2)11(17)10-13-12(18)19-14-10/h9H,3-8H2,1-2H3,(H,13,14,18). The van der Waals surface area contributed by atoms with Gasteiger partial charge in [0.1, 0.15) is 0 Å². The van der Waals surface area contributed by atoms with Gasteiger partial charge in [-0.05, 0) is 50.5 Å². The fraction of sp³-hybridized carbons (Fsp3) is 0.750. The van der Waals surface area contributed by atoms with E-state index in [1.165, 1.54) is 12.8 Å². The molecule has 1 N–H and O–H groups in total. The first-order valence-corrected chi connectivity index (χ1v) is 6.56. The number of carbonyl (C=O) groups is 1. The summed E-state index contributed by atoms with van der Waals surface area (Å²) in [5.41, 5.74) is 0. The molecule has 1 aromatic heterocycles. The lowest BCUT2D eigenvalue weighted by Crippen LogP contribution is -2.34. The molecule has 1 aromatic rings. The lowest BCUT2D eigenvalue weighted by molar-refractivity contribution is 0.0764. The average molecular weight is 268 g/mol. The molecule has 0 atom stereocenters. The van der Waals surface area contributed by atoms with Crippen LogP contribution in [0.15, 0.2) is 9.32 Å². The SMILES string of the molecule is CN1CCC(CCN(C)C(=O)c2noc(=O)[nH]2)CC1. The zero-order valence-electron chi connectivity index (χ0n) is 11.4. The number of amides is 1. The van der Waals surface area contributed by atoms with Crippen molar-refractivity contribution in [3.63, 3.8) is 0 Å². The molecular formula is C12H20N4O3. The highest BCUT2D eigenvalue weighted by Crippen LogP contribution is 2.19. The van der Waals surface area contributed by atoms with Crippen molar-refractivity contribution in [2.24, 2.45) is 5.92 Å². The Bertz CT molecular complexity index is 473. The number of carbonyl (C=O) groups excluding carboxylic acids is 1. The largest absolute Gasteiger partial charge is 0.439 e. The van der Waals surface area contributed by atoms with Gasteiger partial charge in [0, 0.05) is 13.6 Å². The molecular weight excluding hydrogens is 248 g/mol. The summed E-state index contributed by atoms with van der Waals surface area (Å²) in [7, 11) is 3.84. The van der Waals surface area contributed by atoms with Gasteiger partial charge in [-0.1, -0.05) is 0 Å². The first kappa shape index (κ1) is 13.8. The molecule has 1 saturated heterocycles. The quantitative estimate of drug-likeness (QED) is 0.841. The molecule has 0 spiro atoms. The zero-order valence-corrected chi connectivity index (χ0v) is 11.4. The van der Waals surface area contributed by atoms with Crippen molar-refractivity contribution in [3.8, 4) is 0 Å². The van der Waals surface area contributed by atoms with Crippen LogP contribution in [-0.4, -0.2) is 59.6 Å². The Hall–Kier alpha value is -1.63. The third kappa shape index (κ3) is 3.66. The van der Waals surface area contributed by atoms with Gasteiger partial charge < -0.3 is 9.80 Å². The van der Waals surface area contributed by atoms with Gasteiger partial charge in [0.25, 0.3) is 5.91 Å². The van der Waals surface area contributed by atoms with E-state index in [-0.39, 0.29) is 11.7 Å². The number of H-pyrrole nitrogens is 1. The van der Waals surface area contributed by atoms with Crippen molar-refractivity contribution < 1.29 is 9.32 Å². The minimum atomic E-state index is -0.702. The maximum Gasteiger partial charge on any atom is 0.439 e. The molecule has 0 aliphatic carbocycles. The Morgan fingerprint density at radius 1 is 1.53 bits per heavy atom. The number of hydrogen-bond donors (Lipinski definition) is 1. The van der Waals surface area contributed by atoms with Crippen LogP contribution in [0.2, 0.25) is 0 Å². The molecule has 2 rings (SSSR count). The Kier molecular flexibility index (Phi) is 4.36. The summed E-state index contributed by atoms with van der Waals surface area (Å²) in [6, 6.07) is 0. The van der Waals surface area contributed by atoms with Gasteiger partial charge in [0.05, 0.1) is 0 Å². The van der Waals surface area contributed by atoms with Crippen LogP contribution in [0, 0.1) is 5.92 Å². The summed E-state index contributed by atoms with van der Waals surface area (Å²) in [4.78, 5) is 28.9. The summed E-state index contributed by atoms with van der Waals surface area (Å²) in [5, 5.41) is 3.40. The monoisotopic (exact) mass is 268 g/mol. The Labute approximate surface area is 111 Å². The molecule has 0 bridgehead atoms. The number of nitrogens with zero attached hydrogens (tertiary/aromatic N) is 3. The summed E-state index contributed by atoms with van der Waals surface area (Å²) in [6.07, 6.45) is 3.34. The van der Waals surface area contributed by atoms with E-state index >= 15 is 0 Å². The molecule has 1 aliphatic heterocycles. The van der Waals surface area contributed by atoms with Gasteiger partial charge in [-0.3, -0.25) is 14.3 Å². The van der Waals surface area contributed by atoms with E-state index in [4.69, 9.17) is 0 Å². The van der Waals surface area contributed by atoms with Crippen molar-refractivity contribution in [1.82, 2.24) is 19.9 Å². The smallest absolute Gasteiger partial charge is 0.339 e. The molecule has 0 unspecified atom stereocenters. The fourth-order valence-corrected chi connectivity index (χ4v) is 2.33. The molecule has 19 heavy (non-hydrogen) atoms. The molecule has 2 heterocycles. The second kappa shape index (κ2) is 6.01. The molecule has 7 heteroatoms. The molecule has 7 nitrogen and oxygen atoms in total. The van der Waals surface area contributed by atoms with Gasteiger partial charge in [0.2, 0.25) is 5.82 Å². The van der Waals surface area contributed by atoms with E-state index in [0.29, 0.717) is 12.5 Å².